The summed E-state index contributed by atoms with van der Waals surface area (Å²) in [7, 11) is 0. The fourth-order valence-corrected chi connectivity index (χ4v) is 14.6. The molecule has 388 valence electrons. The molecule has 0 bridgehead atoms. The van der Waals surface area contributed by atoms with Gasteiger partial charge in [-0.3, -0.25) is 0 Å². The van der Waals surface area contributed by atoms with Gasteiger partial charge in [-0.15, -0.1) is 0 Å². The normalized spacial score (nSPS) is 15.9. The van der Waals surface area contributed by atoms with E-state index in [1.54, 1.807) is 0 Å². The van der Waals surface area contributed by atoms with Crippen LogP contribution >= 0.6 is 0 Å². The zero-order chi connectivity index (χ0) is 54.5. The lowest BCUT2D eigenvalue weighted by Crippen LogP contribution is -2.31. The van der Waals surface area contributed by atoms with Crippen molar-refractivity contribution < 1.29 is 0 Å². The van der Waals surface area contributed by atoms with Gasteiger partial charge in [0.1, 0.15) is 0 Å². The minimum atomic E-state index is -0.622. The Morgan fingerprint density at radius 2 is 0.691 bits per heavy atom. The first-order valence-electron chi connectivity index (χ1n) is 28.8. The van der Waals surface area contributed by atoms with Crippen LogP contribution in [0.25, 0.3) is 55.6 Å². The fourth-order valence-electron chi connectivity index (χ4n) is 14.6. The maximum atomic E-state index is 2.53. The third kappa shape index (κ3) is 7.54. The molecule has 0 N–H and O–H groups in total. The topological polar surface area (TPSA) is 6.48 Å². The number of allylic oxidation sites excluding steroid dienone is 2. The molecule has 0 aliphatic heterocycles. The largest absolute Gasteiger partial charge is 0.334 e. The van der Waals surface area contributed by atoms with Crippen LogP contribution in [-0.4, -0.2) is 6.04 Å². The summed E-state index contributed by atoms with van der Waals surface area (Å²) >= 11 is 0. The summed E-state index contributed by atoms with van der Waals surface area (Å²) in [6.45, 7) is 9.48. The van der Waals surface area contributed by atoms with Gasteiger partial charge in [-0.1, -0.05) is 252 Å². The molecule has 0 fully saturated rings. The van der Waals surface area contributed by atoms with Gasteiger partial charge >= 0.3 is 0 Å². The molecule has 0 aromatic heterocycles. The van der Waals surface area contributed by atoms with E-state index in [0.717, 1.165) is 23.5 Å². The lowest BCUT2D eigenvalue weighted by molar-refractivity contribution is 0.659. The average Bonchev–Trinajstić information content (AvgIpc) is 4.09. The minimum absolute atomic E-state index is 0.0821. The second-order valence-electron chi connectivity index (χ2n) is 23.5. The van der Waals surface area contributed by atoms with Crippen molar-refractivity contribution in [2.24, 2.45) is 0 Å². The first kappa shape index (κ1) is 48.6. The first-order valence-corrected chi connectivity index (χ1v) is 28.8. The van der Waals surface area contributed by atoms with E-state index in [2.05, 4.69) is 323 Å². The Hall–Kier alpha value is -9.50. The molecule has 2 nitrogen and oxygen atoms in total. The molecule has 11 aromatic rings. The van der Waals surface area contributed by atoms with E-state index >= 15 is 0 Å². The Labute approximate surface area is 477 Å². The monoisotopic (exact) mass is 1040 g/mol. The summed E-state index contributed by atoms with van der Waals surface area (Å²) in [6, 6.07) is 98.5. The maximum absolute atomic E-state index is 2.53. The lowest BCUT2D eigenvalue weighted by Gasteiger charge is -2.38. The molecule has 4 aliphatic carbocycles. The SMILES string of the molecule is CC1(C)c2ccccc2-c2ccc(N(c3ccc(-c4ccc(N(c5ccc6c(c5)C(C)(C)c5ccccc5-6)C5C=CC=CC5)cc4)cc3)c3ccc(C4(c5ccccc5)c5ccccc5-c5ccccc5-c5ccccc54)cc3)cc21. The van der Waals surface area contributed by atoms with Gasteiger partial charge in [0.25, 0.3) is 0 Å². The summed E-state index contributed by atoms with van der Waals surface area (Å²) in [5.41, 5.74) is 28.0. The van der Waals surface area contributed by atoms with Crippen molar-refractivity contribution in [2.45, 2.75) is 56.4 Å². The Morgan fingerprint density at radius 1 is 0.309 bits per heavy atom. The Morgan fingerprint density at radius 3 is 1.20 bits per heavy atom. The predicted octanol–water partition coefficient (Wildman–Crippen LogP) is 20.5. The Kier molecular flexibility index (Phi) is 11.3. The molecule has 15 rings (SSSR count). The highest BCUT2D eigenvalue weighted by atomic mass is 15.2. The highest BCUT2D eigenvalue weighted by molar-refractivity contribution is 5.93. The van der Waals surface area contributed by atoms with Crippen LogP contribution in [0.5, 0.6) is 0 Å². The molecule has 81 heavy (non-hydrogen) atoms. The maximum Gasteiger partial charge on any atom is 0.0713 e. The van der Waals surface area contributed by atoms with Crippen LogP contribution in [0.3, 0.4) is 0 Å². The molecular formula is C79H62N2. The third-order valence-corrected chi connectivity index (χ3v) is 18.5. The molecule has 0 amide bonds. The molecule has 0 saturated carbocycles. The Bertz CT molecular complexity index is 4240. The molecule has 0 spiro atoms. The molecule has 0 saturated heterocycles. The van der Waals surface area contributed by atoms with Crippen LogP contribution in [0.1, 0.15) is 78.6 Å². The summed E-state index contributed by atoms with van der Waals surface area (Å²) in [5, 5.41) is 0. The van der Waals surface area contributed by atoms with Crippen LogP contribution in [0.4, 0.5) is 28.4 Å². The summed E-state index contributed by atoms with van der Waals surface area (Å²) < 4.78 is 0. The van der Waals surface area contributed by atoms with Crippen LogP contribution in [-0.2, 0) is 16.2 Å². The van der Waals surface area contributed by atoms with Crippen molar-refractivity contribution >= 4 is 28.4 Å². The third-order valence-electron chi connectivity index (χ3n) is 18.5. The lowest BCUT2D eigenvalue weighted by atomic mass is 9.63. The standard InChI is InChI=1S/C79H62N2/c1-77(2)71-31-17-13-29-67(71)69-49-47-61(51-75(69)77)80(57-23-9-6-10-24-57)58-41-35-53(36-42-58)54-37-43-59(44-38-54)81(62-48-50-70-68-30-14-18-32-72(68)78(3,4)76(70)52-62)60-45-39-56(40-46-60)79(55-21-7-5-8-22-55)73-33-19-15-27-65(73)63-25-11-12-26-64(63)66-28-16-20-34-74(66)79/h5-23,25-52,57H,24H2,1-4H3. The summed E-state index contributed by atoms with van der Waals surface area (Å²) in [5.74, 6) is 0. The van der Waals surface area contributed by atoms with E-state index < -0.39 is 5.41 Å². The van der Waals surface area contributed by atoms with E-state index in [9.17, 15) is 0 Å². The van der Waals surface area contributed by atoms with Gasteiger partial charge in [0.2, 0.25) is 0 Å². The van der Waals surface area contributed by atoms with Crippen LogP contribution in [0.15, 0.2) is 285 Å². The predicted molar refractivity (Wildman–Crippen MR) is 340 cm³/mol. The van der Waals surface area contributed by atoms with Gasteiger partial charge in [-0.25, -0.2) is 0 Å². The zero-order valence-corrected chi connectivity index (χ0v) is 46.3. The molecule has 1 unspecified atom stereocenters. The second kappa shape index (κ2) is 18.8. The molecule has 0 heterocycles. The van der Waals surface area contributed by atoms with Crippen molar-refractivity contribution in [2.75, 3.05) is 9.80 Å². The number of hydrogen-bond donors (Lipinski definition) is 0. The van der Waals surface area contributed by atoms with E-state index in [-0.39, 0.29) is 16.9 Å². The van der Waals surface area contributed by atoms with E-state index in [1.165, 1.54) is 112 Å². The van der Waals surface area contributed by atoms with Crippen molar-refractivity contribution in [3.8, 4) is 55.6 Å². The van der Waals surface area contributed by atoms with Gasteiger partial charge in [0.05, 0.1) is 11.5 Å². The molecule has 0 radical (unpaired) electrons. The molecule has 1 atom stereocenters. The number of fused-ring (bicyclic) bond motifs is 11. The van der Waals surface area contributed by atoms with Crippen LogP contribution < -0.4 is 9.80 Å². The van der Waals surface area contributed by atoms with Gasteiger partial charge in [-0.05, 0) is 167 Å². The van der Waals surface area contributed by atoms with Crippen molar-refractivity contribution in [1.82, 2.24) is 0 Å². The average molecular weight is 1040 g/mol. The molecule has 4 aliphatic rings. The second-order valence-corrected chi connectivity index (χ2v) is 23.5. The number of rotatable bonds is 9. The van der Waals surface area contributed by atoms with E-state index in [0.29, 0.717) is 0 Å². The van der Waals surface area contributed by atoms with E-state index in [4.69, 9.17) is 0 Å². The van der Waals surface area contributed by atoms with Gasteiger partial charge in [-0.2, -0.15) is 0 Å². The molecule has 11 aromatic carbocycles. The summed E-state index contributed by atoms with van der Waals surface area (Å²) in [6.07, 6.45) is 9.94. The quantitative estimate of drug-likeness (QED) is 0.142. The van der Waals surface area contributed by atoms with E-state index in [1.807, 2.05) is 0 Å². The smallest absolute Gasteiger partial charge is 0.0713 e. The number of hydrogen-bond acceptors (Lipinski definition) is 2. The highest BCUT2D eigenvalue weighted by Crippen LogP contribution is 2.57. The minimum Gasteiger partial charge on any atom is -0.334 e. The summed E-state index contributed by atoms with van der Waals surface area (Å²) in [4.78, 5) is 4.98. The van der Waals surface area contributed by atoms with Gasteiger partial charge in [0, 0.05) is 39.3 Å². The number of anilines is 5. The van der Waals surface area contributed by atoms with Gasteiger partial charge in [0.15, 0.2) is 0 Å². The van der Waals surface area contributed by atoms with Crippen LogP contribution in [0.2, 0.25) is 0 Å². The Balaban J connectivity index is 0.831. The molecule has 2 heteroatoms. The van der Waals surface area contributed by atoms with Crippen molar-refractivity contribution in [3.05, 3.63) is 330 Å². The van der Waals surface area contributed by atoms with Gasteiger partial charge < -0.3 is 9.80 Å². The number of nitrogens with zero attached hydrogens (tertiary/aromatic N) is 2. The number of benzene rings is 11. The molecular weight excluding hydrogens is 977 g/mol. The first-order chi connectivity index (χ1) is 39.7. The van der Waals surface area contributed by atoms with Crippen LogP contribution in [0, 0.1) is 0 Å². The van der Waals surface area contributed by atoms with Crippen molar-refractivity contribution in [1.29, 1.82) is 0 Å². The van der Waals surface area contributed by atoms with Crippen molar-refractivity contribution in [3.63, 3.8) is 0 Å². The highest BCUT2D eigenvalue weighted by Gasteiger charge is 2.44. The zero-order valence-electron chi connectivity index (χ0n) is 46.3. The fraction of sp³-hybridized carbons (Fsp3) is 0.114.